The zero-order chi connectivity index (χ0) is 13.1. The van der Waals surface area contributed by atoms with E-state index in [0.29, 0.717) is 0 Å². The Bertz CT molecular complexity index is 392. The first-order valence-electron chi connectivity index (χ1n) is 7.50. The second-order valence-corrected chi connectivity index (χ2v) is 7.27. The highest BCUT2D eigenvalue weighted by atomic mass is 127. The molecule has 1 aromatic carbocycles. The summed E-state index contributed by atoms with van der Waals surface area (Å²) in [7, 11) is 0. The summed E-state index contributed by atoms with van der Waals surface area (Å²) in [6.07, 6.45) is 5.55. The van der Waals surface area contributed by atoms with E-state index in [9.17, 15) is 0 Å². The lowest BCUT2D eigenvalue weighted by atomic mass is 10.0. The van der Waals surface area contributed by atoms with Crippen molar-refractivity contribution in [3.63, 3.8) is 0 Å². The van der Waals surface area contributed by atoms with Gasteiger partial charge in [0, 0.05) is 16.2 Å². The van der Waals surface area contributed by atoms with Crippen molar-refractivity contribution in [2.75, 3.05) is 19.6 Å². The Labute approximate surface area is 130 Å². The summed E-state index contributed by atoms with van der Waals surface area (Å²) in [4.78, 5) is 2.59. The van der Waals surface area contributed by atoms with Crippen molar-refractivity contribution in [3.05, 3.63) is 33.4 Å². The van der Waals surface area contributed by atoms with Crippen LogP contribution in [0.1, 0.15) is 31.2 Å². The third-order valence-corrected chi connectivity index (χ3v) is 5.02. The fourth-order valence-electron chi connectivity index (χ4n) is 2.80. The molecule has 104 valence electrons. The van der Waals surface area contributed by atoms with Gasteiger partial charge in [-0.05, 0) is 91.5 Å². The van der Waals surface area contributed by atoms with Crippen molar-refractivity contribution in [3.8, 4) is 0 Å². The molecule has 0 radical (unpaired) electrons. The Morgan fingerprint density at radius 1 is 1.05 bits per heavy atom. The summed E-state index contributed by atoms with van der Waals surface area (Å²) in [5.74, 6) is 1.00. The Morgan fingerprint density at radius 3 is 2.37 bits per heavy atom. The summed E-state index contributed by atoms with van der Waals surface area (Å²) < 4.78 is 1.32. The lowest BCUT2D eigenvalue weighted by molar-refractivity contribution is 0.190. The Kier molecular flexibility index (Phi) is 4.77. The van der Waals surface area contributed by atoms with Gasteiger partial charge in [-0.2, -0.15) is 0 Å². The molecular weight excluding hydrogens is 347 g/mol. The Hall–Kier alpha value is -0.130. The molecule has 0 bridgehead atoms. The third-order valence-electron chi connectivity index (χ3n) is 4.30. The van der Waals surface area contributed by atoms with Crippen LogP contribution in [-0.4, -0.2) is 30.6 Å². The first-order valence-corrected chi connectivity index (χ1v) is 8.57. The number of halogens is 1. The second-order valence-electron chi connectivity index (χ2n) is 6.03. The van der Waals surface area contributed by atoms with Crippen LogP contribution < -0.4 is 5.32 Å². The Morgan fingerprint density at radius 2 is 1.74 bits per heavy atom. The van der Waals surface area contributed by atoms with Crippen molar-refractivity contribution in [1.82, 2.24) is 10.2 Å². The van der Waals surface area contributed by atoms with Crippen LogP contribution in [0.3, 0.4) is 0 Å². The predicted octanol–water partition coefficient (Wildman–Crippen LogP) is 3.26. The van der Waals surface area contributed by atoms with Crippen LogP contribution in [0.25, 0.3) is 0 Å². The normalized spacial score (nSPS) is 21.7. The van der Waals surface area contributed by atoms with E-state index in [1.165, 1.54) is 54.5 Å². The summed E-state index contributed by atoms with van der Waals surface area (Å²) in [6.45, 7) is 4.87. The molecule has 1 saturated carbocycles. The highest BCUT2D eigenvalue weighted by Crippen LogP contribution is 2.28. The molecule has 19 heavy (non-hydrogen) atoms. The van der Waals surface area contributed by atoms with E-state index >= 15 is 0 Å². The number of hydrogen-bond acceptors (Lipinski definition) is 2. The molecule has 0 amide bonds. The summed E-state index contributed by atoms with van der Waals surface area (Å²) in [5, 5.41) is 3.75. The largest absolute Gasteiger partial charge is 0.314 e. The third kappa shape index (κ3) is 4.43. The van der Waals surface area contributed by atoms with Crippen LogP contribution >= 0.6 is 22.6 Å². The standard InChI is InChI=1S/C16H23IN2/c17-15-5-3-14(4-6-15)12-19-9-7-16(8-10-19)18-11-13-1-2-13/h3-6,13,16,18H,1-2,7-12H2. The van der Waals surface area contributed by atoms with E-state index in [4.69, 9.17) is 0 Å². The van der Waals surface area contributed by atoms with Crippen molar-refractivity contribution >= 4 is 22.6 Å². The molecule has 0 atom stereocenters. The predicted molar refractivity (Wildman–Crippen MR) is 88.2 cm³/mol. The molecule has 1 aromatic rings. The molecule has 1 heterocycles. The number of piperidine rings is 1. The molecule has 3 rings (SSSR count). The minimum Gasteiger partial charge on any atom is -0.314 e. The summed E-state index contributed by atoms with van der Waals surface area (Å²) >= 11 is 2.37. The number of rotatable bonds is 5. The zero-order valence-electron chi connectivity index (χ0n) is 11.4. The molecule has 2 aliphatic rings. The van der Waals surface area contributed by atoms with Crippen molar-refractivity contribution in [1.29, 1.82) is 0 Å². The number of nitrogens with one attached hydrogen (secondary N) is 1. The van der Waals surface area contributed by atoms with Gasteiger partial charge in [0.05, 0.1) is 0 Å². The quantitative estimate of drug-likeness (QED) is 0.801. The summed E-state index contributed by atoms with van der Waals surface area (Å²) in [6, 6.07) is 9.71. The molecule has 1 aliphatic heterocycles. The number of benzene rings is 1. The van der Waals surface area contributed by atoms with Crippen LogP contribution in [0.2, 0.25) is 0 Å². The van der Waals surface area contributed by atoms with Crippen LogP contribution in [0.15, 0.2) is 24.3 Å². The smallest absolute Gasteiger partial charge is 0.0233 e. The summed E-state index contributed by atoms with van der Waals surface area (Å²) in [5.41, 5.74) is 1.45. The average molecular weight is 370 g/mol. The van der Waals surface area contributed by atoms with E-state index < -0.39 is 0 Å². The van der Waals surface area contributed by atoms with Gasteiger partial charge in [-0.1, -0.05) is 12.1 Å². The van der Waals surface area contributed by atoms with Gasteiger partial charge in [-0.15, -0.1) is 0 Å². The second kappa shape index (κ2) is 6.55. The Balaban J connectivity index is 1.40. The lowest BCUT2D eigenvalue weighted by Crippen LogP contribution is -2.42. The molecule has 2 fully saturated rings. The minimum absolute atomic E-state index is 0.772. The molecule has 0 unspecified atom stereocenters. The first-order chi connectivity index (χ1) is 9.29. The maximum absolute atomic E-state index is 3.75. The highest BCUT2D eigenvalue weighted by molar-refractivity contribution is 14.1. The van der Waals surface area contributed by atoms with E-state index in [1.54, 1.807) is 0 Å². The van der Waals surface area contributed by atoms with Gasteiger partial charge in [-0.3, -0.25) is 4.90 Å². The van der Waals surface area contributed by atoms with Gasteiger partial charge in [0.2, 0.25) is 0 Å². The SMILES string of the molecule is Ic1ccc(CN2CCC(NCC3CC3)CC2)cc1. The van der Waals surface area contributed by atoms with Gasteiger partial charge < -0.3 is 5.32 Å². The highest BCUT2D eigenvalue weighted by Gasteiger charge is 2.24. The van der Waals surface area contributed by atoms with E-state index in [-0.39, 0.29) is 0 Å². The molecule has 0 aromatic heterocycles. The first kappa shape index (κ1) is 13.8. The fraction of sp³-hybridized carbons (Fsp3) is 0.625. The number of hydrogen-bond donors (Lipinski definition) is 1. The number of likely N-dealkylation sites (tertiary alicyclic amines) is 1. The van der Waals surface area contributed by atoms with Gasteiger partial charge >= 0.3 is 0 Å². The maximum Gasteiger partial charge on any atom is 0.0233 e. The fourth-order valence-corrected chi connectivity index (χ4v) is 3.16. The molecule has 1 saturated heterocycles. The van der Waals surface area contributed by atoms with Gasteiger partial charge in [0.25, 0.3) is 0 Å². The molecule has 0 spiro atoms. The van der Waals surface area contributed by atoms with Crippen LogP contribution in [-0.2, 0) is 6.54 Å². The van der Waals surface area contributed by atoms with E-state index in [0.717, 1.165) is 18.5 Å². The minimum atomic E-state index is 0.772. The zero-order valence-corrected chi connectivity index (χ0v) is 13.6. The van der Waals surface area contributed by atoms with Crippen LogP contribution in [0, 0.1) is 9.49 Å². The van der Waals surface area contributed by atoms with Crippen LogP contribution in [0.4, 0.5) is 0 Å². The van der Waals surface area contributed by atoms with Gasteiger partial charge in [0.15, 0.2) is 0 Å². The van der Waals surface area contributed by atoms with E-state index in [1.807, 2.05) is 0 Å². The topological polar surface area (TPSA) is 15.3 Å². The van der Waals surface area contributed by atoms with Gasteiger partial charge in [-0.25, -0.2) is 0 Å². The van der Waals surface area contributed by atoms with Crippen molar-refractivity contribution in [2.24, 2.45) is 5.92 Å². The van der Waals surface area contributed by atoms with Crippen LogP contribution in [0.5, 0.6) is 0 Å². The molecule has 3 heteroatoms. The molecule has 1 aliphatic carbocycles. The molecule has 1 N–H and O–H groups in total. The monoisotopic (exact) mass is 370 g/mol. The lowest BCUT2D eigenvalue weighted by Gasteiger charge is -2.32. The van der Waals surface area contributed by atoms with Crippen molar-refractivity contribution in [2.45, 2.75) is 38.3 Å². The maximum atomic E-state index is 3.75. The average Bonchev–Trinajstić information content (AvgIpc) is 3.25. The number of nitrogens with zero attached hydrogens (tertiary/aromatic N) is 1. The molecule has 2 nitrogen and oxygen atoms in total. The van der Waals surface area contributed by atoms with E-state index in [2.05, 4.69) is 57.1 Å². The van der Waals surface area contributed by atoms with Gasteiger partial charge in [0.1, 0.15) is 0 Å². The van der Waals surface area contributed by atoms with Crippen molar-refractivity contribution < 1.29 is 0 Å². The molecular formula is C16H23IN2.